The van der Waals surface area contributed by atoms with Gasteiger partial charge in [-0.15, -0.1) is 0 Å². The van der Waals surface area contributed by atoms with Crippen LogP contribution in [0.25, 0.3) is 0 Å². The van der Waals surface area contributed by atoms with Gasteiger partial charge in [0.2, 0.25) is 0 Å². The molecule has 3 nitrogen and oxygen atoms in total. The second-order valence-electron chi connectivity index (χ2n) is 2.91. The summed E-state index contributed by atoms with van der Waals surface area (Å²) in [5, 5.41) is 2.55. The van der Waals surface area contributed by atoms with E-state index in [0.717, 1.165) is 5.56 Å². The van der Waals surface area contributed by atoms with E-state index in [1.54, 1.807) is 13.2 Å². The van der Waals surface area contributed by atoms with Crippen LogP contribution in [-0.4, -0.2) is 19.0 Å². The zero-order chi connectivity index (χ0) is 11.3. The van der Waals surface area contributed by atoms with E-state index in [1.807, 2.05) is 12.1 Å². The van der Waals surface area contributed by atoms with Crippen molar-refractivity contribution in [2.75, 3.05) is 13.7 Å². The molecular weight excluding hydrogens is 237 g/mol. The van der Waals surface area contributed by atoms with E-state index in [-0.39, 0.29) is 0 Å². The van der Waals surface area contributed by atoms with Crippen LogP contribution in [0.2, 0.25) is 5.02 Å². The average Bonchev–Trinajstić information content (AvgIpc) is 2.20. The summed E-state index contributed by atoms with van der Waals surface area (Å²) in [5.74, 6) is 0.713. The van der Waals surface area contributed by atoms with Gasteiger partial charge < -0.3 is 10.1 Å². The van der Waals surface area contributed by atoms with Crippen LogP contribution in [-0.2, 0) is 6.42 Å². The second kappa shape index (κ2) is 5.83. The van der Waals surface area contributed by atoms with Crippen molar-refractivity contribution in [2.24, 2.45) is 0 Å². The zero-order valence-electron chi connectivity index (χ0n) is 8.22. The van der Waals surface area contributed by atoms with E-state index in [9.17, 15) is 4.79 Å². The molecule has 1 aromatic carbocycles. The minimum absolute atomic E-state index is 0.467. The highest BCUT2D eigenvalue weighted by Crippen LogP contribution is 2.22. The molecule has 0 aliphatic rings. The standard InChI is InChI=1S/C10H11Cl2NO2/c1-15-8-3-2-7(9(11)6-8)4-5-13-10(12)14/h2-3,6H,4-5H2,1H3,(H,13,14). The Morgan fingerprint density at radius 3 is 2.80 bits per heavy atom. The van der Waals surface area contributed by atoms with Crippen molar-refractivity contribution in [3.8, 4) is 5.75 Å². The van der Waals surface area contributed by atoms with Gasteiger partial charge in [-0.2, -0.15) is 0 Å². The maximum atomic E-state index is 10.4. The molecule has 1 N–H and O–H groups in total. The maximum Gasteiger partial charge on any atom is 0.313 e. The maximum absolute atomic E-state index is 10.4. The van der Waals surface area contributed by atoms with E-state index < -0.39 is 5.37 Å². The summed E-state index contributed by atoms with van der Waals surface area (Å²) in [5.41, 5.74) is 0.947. The van der Waals surface area contributed by atoms with Gasteiger partial charge in [-0.25, -0.2) is 0 Å². The van der Waals surface area contributed by atoms with Gasteiger partial charge in [-0.05, 0) is 35.7 Å². The fourth-order valence-corrected chi connectivity index (χ4v) is 1.51. The minimum Gasteiger partial charge on any atom is -0.497 e. The molecule has 0 aliphatic carbocycles. The number of carbonyl (C=O) groups excluding carboxylic acids is 1. The predicted octanol–water partition coefficient (Wildman–Crippen LogP) is 2.84. The van der Waals surface area contributed by atoms with E-state index in [1.165, 1.54) is 0 Å². The van der Waals surface area contributed by atoms with Gasteiger partial charge in [-0.3, -0.25) is 4.79 Å². The predicted molar refractivity (Wildman–Crippen MR) is 61.0 cm³/mol. The number of amides is 1. The molecule has 0 fully saturated rings. The zero-order valence-corrected chi connectivity index (χ0v) is 9.73. The lowest BCUT2D eigenvalue weighted by Gasteiger charge is -2.06. The molecule has 1 amide bonds. The first-order valence-electron chi connectivity index (χ1n) is 4.39. The van der Waals surface area contributed by atoms with Crippen LogP contribution >= 0.6 is 23.2 Å². The Morgan fingerprint density at radius 1 is 1.53 bits per heavy atom. The van der Waals surface area contributed by atoms with Crippen molar-refractivity contribution in [3.05, 3.63) is 28.8 Å². The average molecular weight is 248 g/mol. The summed E-state index contributed by atoms with van der Waals surface area (Å²) < 4.78 is 5.02. The topological polar surface area (TPSA) is 38.3 Å². The van der Waals surface area contributed by atoms with Crippen LogP contribution in [0.15, 0.2) is 18.2 Å². The van der Waals surface area contributed by atoms with Gasteiger partial charge in [0.05, 0.1) is 7.11 Å². The third-order valence-corrected chi connectivity index (χ3v) is 2.40. The monoisotopic (exact) mass is 247 g/mol. The van der Waals surface area contributed by atoms with Crippen LogP contribution in [0.5, 0.6) is 5.75 Å². The van der Waals surface area contributed by atoms with E-state index >= 15 is 0 Å². The smallest absolute Gasteiger partial charge is 0.313 e. The molecule has 1 aromatic rings. The van der Waals surface area contributed by atoms with Crippen molar-refractivity contribution in [1.82, 2.24) is 5.32 Å². The van der Waals surface area contributed by atoms with Crippen molar-refractivity contribution in [1.29, 1.82) is 0 Å². The molecular formula is C10H11Cl2NO2. The molecule has 0 radical (unpaired) electrons. The summed E-state index contributed by atoms with van der Waals surface area (Å²) in [4.78, 5) is 10.4. The minimum atomic E-state index is -0.556. The van der Waals surface area contributed by atoms with Gasteiger partial charge in [-0.1, -0.05) is 17.7 Å². The summed E-state index contributed by atoms with van der Waals surface area (Å²) in [6, 6.07) is 5.42. The molecule has 0 saturated carbocycles. The Morgan fingerprint density at radius 2 is 2.27 bits per heavy atom. The van der Waals surface area contributed by atoms with Crippen molar-refractivity contribution >= 4 is 28.6 Å². The third-order valence-electron chi connectivity index (χ3n) is 1.92. The molecule has 82 valence electrons. The van der Waals surface area contributed by atoms with E-state index in [0.29, 0.717) is 23.7 Å². The molecule has 15 heavy (non-hydrogen) atoms. The number of halogens is 2. The third kappa shape index (κ3) is 3.98. The van der Waals surface area contributed by atoms with Gasteiger partial charge in [0, 0.05) is 11.6 Å². The molecule has 0 spiro atoms. The van der Waals surface area contributed by atoms with Gasteiger partial charge in [0.25, 0.3) is 0 Å². The quantitative estimate of drug-likeness (QED) is 0.657. The molecule has 0 unspecified atom stereocenters. The molecule has 1 rings (SSSR count). The number of hydrogen-bond acceptors (Lipinski definition) is 2. The first kappa shape index (κ1) is 12.1. The molecule has 0 aromatic heterocycles. The molecule has 0 heterocycles. The highest BCUT2D eigenvalue weighted by Gasteiger charge is 2.02. The van der Waals surface area contributed by atoms with Gasteiger partial charge in [0.1, 0.15) is 5.75 Å². The van der Waals surface area contributed by atoms with Crippen LogP contribution < -0.4 is 10.1 Å². The highest BCUT2D eigenvalue weighted by molar-refractivity contribution is 6.62. The Kier molecular flexibility index (Phi) is 4.72. The summed E-state index contributed by atoms with van der Waals surface area (Å²) in [7, 11) is 1.58. The summed E-state index contributed by atoms with van der Waals surface area (Å²) in [6.45, 7) is 0.467. The summed E-state index contributed by atoms with van der Waals surface area (Å²) in [6.07, 6.45) is 0.640. The number of methoxy groups -OCH3 is 1. The van der Waals surface area contributed by atoms with Crippen LogP contribution in [0.3, 0.4) is 0 Å². The highest BCUT2D eigenvalue weighted by atomic mass is 35.5. The van der Waals surface area contributed by atoms with Crippen LogP contribution in [0, 0.1) is 0 Å². The van der Waals surface area contributed by atoms with Crippen molar-refractivity contribution in [3.63, 3.8) is 0 Å². The lowest BCUT2D eigenvalue weighted by atomic mass is 10.1. The van der Waals surface area contributed by atoms with Crippen molar-refractivity contribution < 1.29 is 9.53 Å². The largest absolute Gasteiger partial charge is 0.497 e. The van der Waals surface area contributed by atoms with Crippen LogP contribution in [0.4, 0.5) is 4.79 Å². The number of carbonyl (C=O) groups is 1. The molecule has 5 heteroatoms. The Balaban J connectivity index is 2.58. The molecule has 0 aliphatic heterocycles. The van der Waals surface area contributed by atoms with Crippen LogP contribution in [0.1, 0.15) is 5.56 Å². The Bertz CT molecular complexity index is 355. The molecule has 0 bridgehead atoms. The lowest BCUT2D eigenvalue weighted by molar-refractivity contribution is 0.260. The van der Waals surface area contributed by atoms with E-state index in [2.05, 4.69) is 5.32 Å². The van der Waals surface area contributed by atoms with Gasteiger partial charge in [0.15, 0.2) is 0 Å². The fraction of sp³-hybridized carbons (Fsp3) is 0.300. The lowest BCUT2D eigenvalue weighted by Crippen LogP contribution is -2.19. The SMILES string of the molecule is COc1ccc(CCNC(=O)Cl)c(Cl)c1. The second-order valence-corrected chi connectivity index (χ2v) is 3.66. The number of ether oxygens (including phenoxy) is 1. The Hall–Kier alpha value is -0.930. The number of rotatable bonds is 4. The van der Waals surface area contributed by atoms with Crippen molar-refractivity contribution in [2.45, 2.75) is 6.42 Å². The number of hydrogen-bond donors (Lipinski definition) is 1. The first-order chi connectivity index (χ1) is 7.13. The fourth-order valence-electron chi connectivity index (χ4n) is 1.15. The Labute approximate surface area is 98.3 Å². The molecule has 0 saturated heterocycles. The first-order valence-corrected chi connectivity index (χ1v) is 5.15. The van der Waals surface area contributed by atoms with Gasteiger partial charge >= 0.3 is 5.37 Å². The summed E-state index contributed by atoms with van der Waals surface area (Å²) >= 11 is 11.1. The van der Waals surface area contributed by atoms with E-state index in [4.69, 9.17) is 27.9 Å². The number of nitrogens with one attached hydrogen (secondary N) is 1. The number of benzene rings is 1. The molecule has 0 atom stereocenters. The normalized spacial score (nSPS) is 9.80.